The van der Waals surface area contributed by atoms with Crippen molar-refractivity contribution in [1.82, 2.24) is 10.3 Å². The minimum atomic E-state index is 0.0282. The van der Waals surface area contributed by atoms with E-state index in [1.54, 1.807) is 6.20 Å². The highest BCUT2D eigenvalue weighted by Crippen LogP contribution is 2.20. The second kappa shape index (κ2) is 4.77. The summed E-state index contributed by atoms with van der Waals surface area (Å²) in [4.78, 5) is 16.6. The molecule has 0 radical (unpaired) electrons. The van der Waals surface area contributed by atoms with Crippen LogP contribution in [0.4, 0.5) is 0 Å². The monoisotopic (exact) mass is 240 g/mol. The lowest BCUT2D eigenvalue weighted by Crippen LogP contribution is -2.32. The van der Waals surface area contributed by atoms with Gasteiger partial charge in [0.2, 0.25) is 0 Å². The van der Waals surface area contributed by atoms with E-state index in [-0.39, 0.29) is 5.91 Å². The molecule has 1 heterocycles. The average Bonchev–Trinajstić information content (AvgIpc) is 2.91. The molecule has 1 saturated carbocycles. The van der Waals surface area contributed by atoms with Crippen LogP contribution in [0.25, 0.3) is 10.9 Å². The maximum absolute atomic E-state index is 12.3. The van der Waals surface area contributed by atoms with Crippen molar-refractivity contribution >= 4 is 16.8 Å². The summed E-state index contributed by atoms with van der Waals surface area (Å²) in [5.74, 6) is 0.0282. The van der Waals surface area contributed by atoms with Crippen molar-refractivity contribution in [2.24, 2.45) is 0 Å². The molecular weight excluding hydrogens is 224 g/mol. The van der Waals surface area contributed by atoms with Crippen LogP contribution in [0.3, 0.4) is 0 Å². The Balaban J connectivity index is 1.91. The highest BCUT2D eigenvalue weighted by molar-refractivity contribution is 6.06. The summed E-state index contributed by atoms with van der Waals surface area (Å²) >= 11 is 0. The number of aromatic nitrogens is 1. The molecule has 1 amide bonds. The summed E-state index contributed by atoms with van der Waals surface area (Å²) in [6.45, 7) is 0. The first-order valence-corrected chi connectivity index (χ1v) is 6.49. The van der Waals surface area contributed by atoms with Crippen molar-refractivity contribution < 1.29 is 4.79 Å². The molecule has 1 aliphatic carbocycles. The van der Waals surface area contributed by atoms with Crippen LogP contribution in [0, 0.1) is 0 Å². The molecule has 2 aromatic rings. The molecule has 18 heavy (non-hydrogen) atoms. The van der Waals surface area contributed by atoms with E-state index in [1.165, 1.54) is 12.8 Å². The molecule has 1 fully saturated rings. The zero-order valence-corrected chi connectivity index (χ0v) is 10.2. The molecule has 0 saturated heterocycles. The van der Waals surface area contributed by atoms with Gasteiger partial charge < -0.3 is 5.32 Å². The molecule has 3 heteroatoms. The second-order valence-corrected chi connectivity index (χ2v) is 4.83. The van der Waals surface area contributed by atoms with Crippen LogP contribution in [-0.2, 0) is 0 Å². The molecule has 3 rings (SSSR count). The van der Waals surface area contributed by atoms with Crippen molar-refractivity contribution in [3.05, 3.63) is 42.1 Å². The fourth-order valence-corrected chi connectivity index (χ4v) is 2.63. The average molecular weight is 240 g/mol. The minimum Gasteiger partial charge on any atom is -0.349 e. The Labute approximate surface area is 106 Å². The van der Waals surface area contributed by atoms with E-state index < -0.39 is 0 Å². The molecule has 0 atom stereocenters. The summed E-state index contributed by atoms with van der Waals surface area (Å²) in [5, 5.41) is 4.05. The summed E-state index contributed by atoms with van der Waals surface area (Å²) in [5.41, 5.74) is 1.60. The van der Waals surface area contributed by atoms with Crippen molar-refractivity contribution in [2.45, 2.75) is 31.7 Å². The molecule has 0 unspecified atom stereocenters. The summed E-state index contributed by atoms with van der Waals surface area (Å²) < 4.78 is 0. The number of pyridine rings is 1. The van der Waals surface area contributed by atoms with Gasteiger partial charge in [0.05, 0.1) is 5.52 Å². The minimum absolute atomic E-state index is 0.0282. The Morgan fingerprint density at radius 1 is 1.17 bits per heavy atom. The Morgan fingerprint density at radius 2 is 2.00 bits per heavy atom. The van der Waals surface area contributed by atoms with Gasteiger partial charge >= 0.3 is 0 Å². The highest BCUT2D eigenvalue weighted by Gasteiger charge is 2.18. The number of nitrogens with one attached hydrogen (secondary N) is 1. The first-order valence-electron chi connectivity index (χ1n) is 6.49. The van der Waals surface area contributed by atoms with E-state index in [0.29, 0.717) is 6.04 Å². The van der Waals surface area contributed by atoms with Gasteiger partial charge in [0.15, 0.2) is 0 Å². The SMILES string of the molecule is O=C(NC1CCCC1)c1cccc2ncccc12. The molecule has 3 nitrogen and oxygen atoms in total. The van der Waals surface area contributed by atoms with Crippen molar-refractivity contribution in [3.8, 4) is 0 Å². The van der Waals surface area contributed by atoms with E-state index in [9.17, 15) is 4.79 Å². The van der Waals surface area contributed by atoms with Crippen LogP contribution in [0.1, 0.15) is 36.0 Å². The third-order valence-electron chi connectivity index (χ3n) is 3.58. The van der Waals surface area contributed by atoms with Gasteiger partial charge in [0, 0.05) is 23.2 Å². The van der Waals surface area contributed by atoms with Crippen LogP contribution in [-0.4, -0.2) is 16.9 Å². The molecule has 0 spiro atoms. The largest absolute Gasteiger partial charge is 0.349 e. The Morgan fingerprint density at radius 3 is 2.83 bits per heavy atom. The van der Waals surface area contributed by atoms with Crippen LogP contribution in [0.2, 0.25) is 0 Å². The smallest absolute Gasteiger partial charge is 0.252 e. The van der Waals surface area contributed by atoms with Gasteiger partial charge in [-0.1, -0.05) is 25.0 Å². The maximum Gasteiger partial charge on any atom is 0.252 e. The van der Waals surface area contributed by atoms with Gasteiger partial charge in [-0.15, -0.1) is 0 Å². The molecule has 1 aromatic heterocycles. The summed E-state index contributed by atoms with van der Waals surface area (Å²) in [6, 6.07) is 9.86. The van der Waals surface area contributed by atoms with Crippen molar-refractivity contribution in [3.63, 3.8) is 0 Å². The third-order valence-corrected chi connectivity index (χ3v) is 3.58. The standard InChI is InChI=1S/C15H16N2O/c18-15(17-11-5-1-2-6-11)13-7-3-9-14-12(13)8-4-10-16-14/h3-4,7-11H,1-2,5-6H2,(H,17,18). The number of nitrogens with zero attached hydrogens (tertiary/aromatic N) is 1. The normalized spacial score (nSPS) is 16.0. The fraction of sp³-hybridized carbons (Fsp3) is 0.333. The van der Waals surface area contributed by atoms with Gasteiger partial charge in [0.1, 0.15) is 0 Å². The number of carbonyl (C=O) groups excluding carboxylic acids is 1. The number of hydrogen-bond acceptors (Lipinski definition) is 2. The molecule has 92 valence electrons. The lowest BCUT2D eigenvalue weighted by Gasteiger charge is -2.12. The van der Waals surface area contributed by atoms with Crippen molar-refractivity contribution in [1.29, 1.82) is 0 Å². The van der Waals surface area contributed by atoms with Gasteiger partial charge in [-0.25, -0.2) is 0 Å². The number of rotatable bonds is 2. The molecule has 0 aliphatic heterocycles. The lowest BCUT2D eigenvalue weighted by atomic mass is 10.1. The second-order valence-electron chi connectivity index (χ2n) is 4.83. The highest BCUT2D eigenvalue weighted by atomic mass is 16.1. The topological polar surface area (TPSA) is 42.0 Å². The number of benzene rings is 1. The summed E-state index contributed by atoms with van der Waals surface area (Å²) in [7, 11) is 0. The maximum atomic E-state index is 12.3. The van der Waals surface area contributed by atoms with E-state index in [4.69, 9.17) is 0 Å². The van der Waals surface area contributed by atoms with E-state index in [0.717, 1.165) is 29.3 Å². The van der Waals surface area contributed by atoms with Gasteiger partial charge in [-0.2, -0.15) is 0 Å². The fourth-order valence-electron chi connectivity index (χ4n) is 2.63. The number of amides is 1. The lowest BCUT2D eigenvalue weighted by molar-refractivity contribution is 0.0939. The van der Waals surface area contributed by atoms with Crippen LogP contribution in [0.15, 0.2) is 36.5 Å². The van der Waals surface area contributed by atoms with Crippen LogP contribution in [0.5, 0.6) is 0 Å². The van der Waals surface area contributed by atoms with Gasteiger partial charge in [-0.3, -0.25) is 9.78 Å². The molecule has 0 bridgehead atoms. The predicted molar refractivity (Wildman–Crippen MR) is 71.5 cm³/mol. The zero-order chi connectivity index (χ0) is 12.4. The third kappa shape index (κ3) is 2.08. The predicted octanol–water partition coefficient (Wildman–Crippen LogP) is 2.91. The van der Waals surface area contributed by atoms with Gasteiger partial charge in [-0.05, 0) is 31.0 Å². The molecular formula is C15H16N2O. The quantitative estimate of drug-likeness (QED) is 0.877. The number of carbonyl (C=O) groups is 1. The van der Waals surface area contributed by atoms with Crippen LogP contribution < -0.4 is 5.32 Å². The van der Waals surface area contributed by atoms with Gasteiger partial charge in [0.25, 0.3) is 5.91 Å². The Hall–Kier alpha value is -1.90. The van der Waals surface area contributed by atoms with E-state index in [1.807, 2.05) is 30.3 Å². The van der Waals surface area contributed by atoms with Crippen LogP contribution >= 0.6 is 0 Å². The number of fused-ring (bicyclic) bond motifs is 1. The first-order chi connectivity index (χ1) is 8.84. The zero-order valence-electron chi connectivity index (χ0n) is 10.2. The summed E-state index contributed by atoms with van der Waals surface area (Å²) in [6.07, 6.45) is 6.41. The number of hydrogen-bond donors (Lipinski definition) is 1. The van der Waals surface area contributed by atoms with E-state index in [2.05, 4.69) is 10.3 Å². The first kappa shape index (κ1) is 11.2. The molecule has 1 N–H and O–H groups in total. The molecule has 1 aromatic carbocycles. The van der Waals surface area contributed by atoms with Crippen molar-refractivity contribution in [2.75, 3.05) is 0 Å². The molecule has 1 aliphatic rings. The Kier molecular flexibility index (Phi) is 2.97. The van der Waals surface area contributed by atoms with E-state index >= 15 is 0 Å². The Bertz CT molecular complexity index is 568.